The average Bonchev–Trinajstić information content (AvgIpc) is 3.35. The van der Waals surface area contributed by atoms with Gasteiger partial charge in [-0.2, -0.15) is 26.3 Å². The maximum Gasteiger partial charge on any atom is 0.416 e. The molecule has 0 aliphatic carbocycles. The summed E-state index contributed by atoms with van der Waals surface area (Å²) >= 11 is 0. The number of pyridine rings is 1. The molecule has 4 rings (SSSR count). The van der Waals surface area contributed by atoms with Crippen LogP contribution in [0.5, 0.6) is 0 Å². The van der Waals surface area contributed by atoms with Crippen molar-refractivity contribution in [2.75, 3.05) is 19.1 Å². The zero-order valence-corrected chi connectivity index (χ0v) is 26.1. The summed E-state index contributed by atoms with van der Waals surface area (Å²) in [6.07, 6.45) is -7.78. The molecule has 2 aromatic carbocycles. The van der Waals surface area contributed by atoms with E-state index in [0.717, 1.165) is 4.90 Å². The van der Waals surface area contributed by atoms with Crippen LogP contribution in [0.3, 0.4) is 0 Å². The zero-order chi connectivity index (χ0) is 33.6. The lowest BCUT2D eigenvalue weighted by atomic mass is 9.81. The molecule has 0 bridgehead atoms. The highest BCUT2D eigenvalue weighted by atomic mass is 31.0. The van der Waals surface area contributed by atoms with Gasteiger partial charge in [-0.05, 0) is 86.7 Å². The molecule has 1 aromatic heterocycles. The first-order valence-corrected chi connectivity index (χ1v) is 14.2. The third-order valence-corrected chi connectivity index (χ3v) is 8.86. The molecule has 0 spiro atoms. The van der Waals surface area contributed by atoms with E-state index in [0.29, 0.717) is 47.4 Å². The second-order valence-corrected chi connectivity index (χ2v) is 12.0. The minimum atomic E-state index is -5.09. The molecule has 1 saturated heterocycles. The van der Waals surface area contributed by atoms with Crippen LogP contribution in [0.25, 0.3) is 11.1 Å². The number of aromatic nitrogens is 1. The van der Waals surface area contributed by atoms with Crippen LogP contribution in [0, 0.1) is 12.7 Å². The summed E-state index contributed by atoms with van der Waals surface area (Å²) in [7, 11) is 5.12. The Bertz CT molecular complexity index is 1590. The van der Waals surface area contributed by atoms with Crippen LogP contribution in [-0.2, 0) is 32.1 Å². The molecule has 3 atom stereocenters. The lowest BCUT2D eigenvalue weighted by Crippen LogP contribution is -2.42. The molecule has 242 valence electrons. The minimum Gasteiger partial charge on any atom is -0.468 e. The number of amides is 1. The molecule has 0 saturated carbocycles. The molecule has 0 radical (unpaired) electrons. The molecule has 1 aliphatic rings. The number of methoxy groups -OCH3 is 1. The molecule has 1 aliphatic heterocycles. The monoisotopic (exact) mass is 657 g/mol. The lowest BCUT2D eigenvalue weighted by Gasteiger charge is -2.32. The number of likely N-dealkylation sites (N-methyl/N-ethyl adjacent to an activating group) is 1. The molecule has 45 heavy (non-hydrogen) atoms. The van der Waals surface area contributed by atoms with Gasteiger partial charge in [0.15, 0.2) is 0 Å². The summed E-state index contributed by atoms with van der Waals surface area (Å²) in [6, 6.07) is 5.90. The van der Waals surface area contributed by atoms with Crippen molar-refractivity contribution >= 4 is 27.0 Å². The van der Waals surface area contributed by atoms with Crippen LogP contribution in [0.2, 0.25) is 0 Å². The summed E-state index contributed by atoms with van der Waals surface area (Å²) in [6.45, 7) is 4.13. The van der Waals surface area contributed by atoms with E-state index < -0.39 is 58.2 Å². The highest BCUT2D eigenvalue weighted by molar-refractivity contribution is 7.13. The number of halogens is 7. The number of ether oxygens (including phenoxy) is 1. The second-order valence-electron chi connectivity index (χ2n) is 11.4. The van der Waals surface area contributed by atoms with Gasteiger partial charge in [0.1, 0.15) is 11.9 Å². The van der Waals surface area contributed by atoms with Gasteiger partial charge in [0, 0.05) is 12.6 Å². The Labute approximate surface area is 257 Å². The Kier molecular flexibility index (Phi) is 9.39. The Morgan fingerprint density at radius 2 is 1.51 bits per heavy atom. The standard InChI is InChI=1S/C31H31F7N3O3P/c1-16-10-20(32)6-7-21(16)22-14-23(24-8-9-25(41(24)45)27(42)44-5)39-15-26(22)40(4)28(43)29(2,3)17-11-18(30(33,34)35)13-19(12-17)31(36,37)38/h6-7,10-15,24-25H,8-9,45H2,1-5H3/t24?,25-/m0/s1. The van der Waals surface area contributed by atoms with Crippen molar-refractivity contribution in [1.82, 2.24) is 9.65 Å². The first-order valence-electron chi connectivity index (χ1n) is 13.7. The van der Waals surface area contributed by atoms with E-state index in [9.17, 15) is 40.3 Å². The fourth-order valence-electron chi connectivity index (χ4n) is 5.53. The van der Waals surface area contributed by atoms with E-state index in [1.165, 1.54) is 52.4 Å². The molecule has 6 nitrogen and oxygen atoms in total. The zero-order valence-electron chi connectivity index (χ0n) is 25.0. The molecular weight excluding hydrogens is 626 g/mol. The summed E-state index contributed by atoms with van der Waals surface area (Å²) in [5.74, 6) is -1.74. The van der Waals surface area contributed by atoms with E-state index in [1.807, 2.05) is 0 Å². The van der Waals surface area contributed by atoms with Crippen molar-refractivity contribution in [3.05, 3.63) is 82.4 Å². The van der Waals surface area contributed by atoms with Gasteiger partial charge in [-0.25, -0.2) is 4.39 Å². The number of alkyl halides is 6. The number of rotatable bonds is 6. The van der Waals surface area contributed by atoms with Gasteiger partial charge in [0.2, 0.25) is 5.91 Å². The van der Waals surface area contributed by atoms with E-state index in [-0.39, 0.29) is 17.8 Å². The molecule has 1 fully saturated rings. The van der Waals surface area contributed by atoms with Gasteiger partial charge in [-0.3, -0.25) is 19.2 Å². The fraction of sp³-hybridized carbons (Fsp3) is 0.387. The molecule has 2 unspecified atom stereocenters. The van der Waals surface area contributed by atoms with E-state index >= 15 is 0 Å². The predicted molar refractivity (Wildman–Crippen MR) is 157 cm³/mol. The van der Waals surface area contributed by atoms with Crippen molar-refractivity contribution in [3.63, 3.8) is 0 Å². The molecule has 1 amide bonds. The number of hydrogen-bond donors (Lipinski definition) is 0. The highest BCUT2D eigenvalue weighted by Gasteiger charge is 2.42. The van der Waals surface area contributed by atoms with Gasteiger partial charge in [0.05, 0.1) is 47.3 Å². The number of benzene rings is 2. The maximum absolute atomic E-state index is 14.1. The first-order chi connectivity index (χ1) is 20.8. The Morgan fingerprint density at radius 1 is 0.933 bits per heavy atom. The van der Waals surface area contributed by atoms with Crippen LogP contribution in [-0.4, -0.2) is 41.7 Å². The topological polar surface area (TPSA) is 62.7 Å². The summed E-state index contributed by atoms with van der Waals surface area (Å²) in [5.41, 5.74) is -3.26. The van der Waals surface area contributed by atoms with Gasteiger partial charge in [-0.15, -0.1) is 0 Å². The summed E-state index contributed by atoms with van der Waals surface area (Å²) < 4.78 is 102. The normalized spacial score (nSPS) is 17.8. The number of hydrogen-bond acceptors (Lipinski definition) is 5. The number of carbonyl (C=O) groups is 2. The number of carbonyl (C=O) groups excluding carboxylic acids is 2. The number of esters is 1. The van der Waals surface area contributed by atoms with Gasteiger partial charge >= 0.3 is 18.3 Å². The SMILES string of the molecule is COC(=O)[C@@H]1CCC(c2cc(-c3ccc(F)cc3C)c(N(C)C(=O)C(C)(C)c3cc(C(F)(F)F)cc(C(F)(F)F)c3)cn2)N1P. The van der Waals surface area contributed by atoms with E-state index in [1.54, 1.807) is 17.7 Å². The average molecular weight is 658 g/mol. The summed E-state index contributed by atoms with van der Waals surface area (Å²) in [5, 5.41) is 0. The largest absolute Gasteiger partial charge is 0.468 e. The summed E-state index contributed by atoms with van der Waals surface area (Å²) in [4.78, 5) is 31.9. The Hall–Kier alpha value is -3.57. The number of nitrogens with zero attached hydrogens (tertiary/aromatic N) is 3. The van der Waals surface area contributed by atoms with Crippen LogP contribution in [0.4, 0.5) is 36.4 Å². The number of aryl methyl sites for hydroxylation is 1. The first kappa shape index (κ1) is 34.3. The lowest BCUT2D eigenvalue weighted by molar-refractivity contribution is -0.145. The van der Waals surface area contributed by atoms with Crippen molar-refractivity contribution in [2.45, 2.75) is 63.5 Å². The van der Waals surface area contributed by atoms with Crippen molar-refractivity contribution in [3.8, 4) is 11.1 Å². The molecular formula is C31H31F7N3O3P. The predicted octanol–water partition coefficient (Wildman–Crippen LogP) is 7.64. The molecule has 2 heterocycles. The van der Waals surface area contributed by atoms with Crippen LogP contribution in [0.15, 0.2) is 48.7 Å². The van der Waals surface area contributed by atoms with Gasteiger partial charge < -0.3 is 9.64 Å². The smallest absolute Gasteiger partial charge is 0.416 e. The Balaban J connectivity index is 1.82. The van der Waals surface area contributed by atoms with Crippen LogP contribution in [0.1, 0.15) is 60.7 Å². The van der Waals surface area contributed by atoms with Gasteiger partial charge in [0.25, 0.3) is 0 Å². The fourth-order valence-corrected chi connectivity index (χ4v) is 6.11. The Morgan fingerprint density at radius 3 is 2.04 bits per heavy atom. The van der Waals surface area contributed by atoms with Gasteiger partial charge in [-0.1, -0.05) is 15.5 Å². The third kappa shape index (κ3) is 6.84. The van der Waals surface area contributed by atoms with Crippen LogP contribution < -0.4 is 4.90 Å². The second kappa shape index (κ2) is 12.3. The van der Waals surface area contributed by atoms with Crippen molar-refractivity contribution in [2.24, 2.45) is 0 Å². The van der Waals surface area contributed by atoms with Crippen molar-refractivity contribution < 1.29 is 45.1 Å². The van der Waals surface area contributed by atoms with Crippen molar-refractivity contribution in [1.29, 1.82) is 0 Å². The highest BCUT2D eigenvalue weighted by Crippen LogP contribution is 2.43. The molecule has 3 aromatic rings. The minimum absolute atomic E-state index is 0.00884. The van der Waals surface area contributed by atoms with E-state index in [4.69, 9.17) is 4.74 Å². The molecule has 0 N–H and O–H groups in total. The molecule has 14 heteroatoms. The third-order valence-electron chi connectivity index (χ3n) is 8.14. The number of anilines is 1. The quantitative estimate of drug-likeness (QED) is 0.155. The van der Waals surface area contributed by atoms with Crippen LogP contribution >= 0.6 is 9.39 Å². The maximum atomic E-state index is 14.1. The van der Waals surface area contributed by atoms with E-state index in [2.05, 4.69) is 14.4 Å².